The number of phenols is 1. The average molecular weight is 267 g/mol. The lowest BCUT2D eigenvalue weighted by molar-refractivity contribution is 0.294. The molecule has 1 heterocycles. The van der Waals surface area contributed by atoms with Gasteiger partial charge in [-0.3, -0.25) is 4.68 Å². The van der Waals surface area contributed by atoms with Crippen LogP contribution in [0.5, 0.6) is 11.5 Å². The standard InChI is InChI=1S/C13H15ClN2O2/c1-3-11-13(14)12(16(2)15-11)8-18-10-6-4-9(17)5-7-10/h4-7,17H,3,8H2,1-2H3. The number of benzene rings is 1. The zero-order valence-corrected chi connectivity index (χ0v) is 11.1. The van der Waals surface area contributed by atoms with Crippen LogP contribution in [0.15, 0.2) is 24.3 Å². The number of aryl methyl sites for hydroxylation is 2. The Bertz CT molecular complexity index is 535. The fraction of sp³-hybridized carbons (Fsp3) is 0.308. The van der Waals surface area contributed by atoms with Crippen molar-refractivity contribution in [2.24, 2.45) is 7.05 Å². The second-order valence-electron chi connectivity index (χ2n) is 3.97. The first-order chi connectivity index (χ1) is 8.61. The lowest BCUT2D eigenvalue weighted by Gasteiger charge is -2.06. The number of hydrogen-bond acceptors (Lipinski definition) is 3. The summed E-state index contributed by atoms with van der Waals surface area (Å²) in [6, 6.07) is 6.58. The van der Waals surface area contributed by atoms with Crippen LogP contribution in [-0.2, 0) is 20.1 Å². The zero-order valence-electron chi connectivity index (χ0n) is 10.4. The van der Waals surface area contributed by atoms with Crippen LogP contribution in [0.3, 0.4) is 0 Å². The molecule has 1 aromatic heterocycles. The second kappa shape index (κ2) is 5.31. The minimum absolute atomic E-state index is 0.217. The molecule has 1 N–H and O–H groups in total. The third-order valence-electron chi connectivity index (χ3n) is 2.72. The molecule has 0 spiro atoms. The van der Waals surface area contributed by atoms with Crippen molar-refractivity contribution in [2.45, 2.75) is 20.0 Å². The van der Waals surface area contributed by atoms with Gasteiger partial charge in [0.25, 0.3) is 0 Å². The van der Waals surface area contributed by atoms with E-state index < -0.39 is 0 Å². The van der Waals surface area contributed by atoms with Gasteiger partial charge in [0.1, 0.15) is 18.1 Å². The molecule has 0 aliphatic heterocycles. The quantitative estimate of drug-likeness (QED) is 0.926. The summed E-state index contributed by atoms with van der Waals surface area (Å²) in [4.78, 5) is 0. The smallest absolute Gasteiger partial charge is 0.131 e. The maximum atomic E-state index is 9.17. The summed E-state index contributed by atoms with van der Waals surface area (Å²) < 4.78 is 7.35. The van der Waals surface area contributed by atoms with Gasteiger partial charge in [-0.15, -0.1) is 0 Å². The van der Waals surface area contributed by atoms with Gasteiger partial charge in [0.2, 0.25) is 0 Å². The Kier molecular flexibility index (Phi) is 3.77. The van der Waals surface area contributed by atoms with Crippen LogP contribution in [0.25, 0.3) is 0 Å². The third-order valence-corrected chi connectivity index (χ3v) is 3.15. The summed E-state index contributed by atoms with van der Waals surface area (Å²) in [5.74, 6) is 0.900. The van der Waals surface area contributed by atoms with Gasteiger partial charge in [-0.05, 0) is 30.7 Å². The lowest BCUT2D eigenvalue weighted by Crippen LogP contribution is -2.03. The van der Waals surface area contributed by atoms with E-state index in [0.717, 1.165) is 17.8 Å². The highest BCUT2D eigenvalue weighted by molar-refractivity contribution is 6.31. The Morgan fingerprint density at radius 1 is 1.33 bits per heavy atom. The number of rotatable bonds is 4. The van der Waals surface area contributed by atoms with Crippen molar-refractivity contribution in [1.82, 2.24) is 9.78 Å². The number of nitrogens with zero attached hydrogens (tertiary/aromatic N) is 2. The number of ether oxygens (including phenoxy) is 1. The monoisotopic (exact) mass is 266 g/mol. The Balaban J connectivity index is 2.10. The maximum absolute atomic E-state index is 9.17. The number of phenolic OH excluding ortho intramolecular Hbond substituents is 1. The first-order valence-electron chi connectivity index (χ1n) is 5.74. The fourth-order valence-electron chi connectivity index (χ4n) is 1.67. The van der Waals surface area contributed by atoms with Gasteiger partial charge in [0.05, 0.1) is 16.4 Å². The maximum Gasteiger partial charge on any atom is 0.131 e. The van der Waals surface area contributed by atoms with Gasteiger partial charge in [-0.1, -0.05) is 18.5 Å². The number of hydrogen-bond donors (Lipinski definition) is 1. The molecular formula is C13H15ClN2O2. The first kappa shape index (κ1) is 12.8. The van der Waals surface area contributed by atoms with Crippen LogP contribution in [0.1, 0.15) is 18.3 Å². The summed E-state index contributed by atoms with van der Waals surface area (Å²) >= 11 is 6.22. The van der Waals surface area contributed by atoms with Crippen molar-refractivity contribution in [3.63, 3.8) is 0 Å². The van der Waals surface area contributed by atoms with Gasteiger partial charge in [0.15, 0.2) is 0 Å². The molecule has 0 radical (unpaired) electrons. The predicted molar refractivity (Wildman–Crippen MR) is 70.0 cm³/mol. The summed E-state index contributed by atoms with van der Waals surface area (Å²) in [6.45, 7) is 2.37. The first-order valence-corrected chi connectivity index (χ1v) is 6.11. The van der Waals surface area contributed by atoms with Gasteiger partial charge in [-0.25, -0.2) is 0 Å². The molecular weight excluding hydrogens is 252 g/mol. The largest absolute Gasteiger partial charge is 0.508 e. The molecule has 0 atom stereocenters. The highest BCUT2D eigenvalue weighted by Gasteiger charge is 2.13. The Labute approximate surface area is 111 Å². The lowest BCUT2D eigenvalue weighted by atomic mass is 10.3. The van der Waals surface area contributed by atoms with E-state index in [1.165, 1.54) is 0 Å². The van der Waals surface area contributed by atoms with Crippen LogP contribution in [-0.4, -0.2) is 14.9 Å². The summed E-state index contributed by atoms with van der Waals surface area (Å²) in [5, 5.41) is 14.2. The van der Waals surface area contributed by atoms with E-state index in [-0.39, 0.29) is 5.75 Å². The normalized spacial score (nSPS) is 10.6. The average Bonchev–Trinajstić information content (AvgIpc) is 2.64. The summed E-state index contributed by atoms with van der Waals surface area (Å²) in [7, 11) is 1.85. The highest BCUT2D eigenvalue weighted by Crippen LogP contribution is 2.23. The van der Waals surface area contributed by atoms with E-state index >= 15 is 0 Å². The summed E-state index contributed by atoms with van der Waals surface area (Å²) in [5.41, 5.74) is 1.73. The van der Waals surface area contributed by atoms with Crippen LogP contribution < -0.4 is 4.74 Å². The molecule has 2 aromatic rings. The number of halogens is 1. The number of aromatic nitrogens is 2. The minimum Gasteiger partial charge on any atom is -0.508 e. The minimum atomic E-state index is 0.217. The van der Waals surface area contributed by atoms with Gasteiger partial charge in [-0.2, -0.15) is 5.10 Å². The summed E-state index contributed by atoms with van der Waals surface area (Å²) in [6.07, 6.45) is 0.798. The van der Waals surface area contributed by atoms with Crippen LogP contribution in [0.2, 0.25) is 5.02 Å². The van der Waals surface area contributed by atoms with Crippen molar-refractivity contribution < 1.29 is 9.84 Å². The Morgan fingerprint density at radius 2 is 2.00 bits per heavy atom. The molecule has 0 fully saturated rings. The van der Waals surface area contributed by atoms with Gasteiger partial charge < -0.3 is 9.84 Å². The molecule has 18 heavy (non-hydrogen) atoms. The van der Waals surface area contributed by atoms with Crippen molar-refractivity contribution >= 4 is 11.6 Å². The topological polar surface area (TPSA) is 47.3 Å². The van der Waals surface area contributed by atoms with Crippen LogP contribution >= 0.6 is 11.6 Å². The van der Waals surface area contributed by atoms with E-state index in [1.807, 2.05) is 14.0 Å². The molecule has 2 rings (SSSR count). The van der Waals surface area contributed by atoms with E-state index in [4.69, 9.17) is 16.3 Å². The Morgan fingerprint density at radius 3 is 2.56 bits per heavy atom. The van der Waals surface area contributed by atoms with Gasteiger partial charge >= 0.3 is 0 Å². The predicted octanol–water partition coefficient (Wildman–Crippen LogP) is 2.92. The van der Waals surface area contributed by atoms with Crippen molar-refractivity contribution in [3.05, 3.63) is 40.7 Å². The zero-order chi connectivity index (χ0) is 13.1. The van der Waals surface area contributed by atoms with Crippen LogP contribution in [0.4, 0.5) is 0 Å². The van der Waals surface area contributed by atoms with Gasteiger partial charge in [0, 0.05) is 7.05 Å². The molecule has 5 heteroatoms. The SMILES string of the molecule is CCc1nn(C)c(COc2ccc(O)cc2)c1Cl. The molecule has 1 aromatic carbocycles. The second-order valence-corrected chi connectivity index (χ2v) is 4.35. The molecule has 0 saturated heterocycles. The van der Waals surface area contributed by atoms with Crippen LogP contribution in [0, 0.1) is 0 Å². The van der Waals surface area contributed by atoms with Crippen molar-refractivity contribution in [1.29, 1.82) is 0 Å². The molecule has 0 bridgehead atoms. The Hall–Kier alpha value is -1.68. The molecule has 0 amide bonds. The highest BCUT2D eigenvalue weighted by atomic mass is 35.5. The molecule has 96 valence electrons. The molecule has 4 nitrogen and oxygen atoms in total. The molecule has 0 aliphatic rings. The fourth-order valence-corrected chi connectivity index (χ4v) is 2.02. The molecule has 0 unspecified atom stereocenters. The number of aromatic hydroxyl groups is 1. The van der Waals surface area contributed by atoms with Crippen molar-refractivity contribution in [3.8, 4) is 11.5 Å². The van der Waals surface area contributed by atoms with E-state index in [1.54, 1.807) is 28.9 Å². The third kappa shape index (κ3) is 2.59. The van der Waals surface area contributed by atoms with E-state index in [2.05, 4.69) is 5.10 Å². The van der Waals surface area contributed by atoms with E-state index in [9.17, 15) is 5.11 Å². The van der Waals surface area contributed by atoms with Crippen molar-refractivity contribution in [2.75, 3.05) is 0 Å². The molecule has 0 saturated carbocycles. The molecule has 0 aliphatic carbocycles. The van der Waals surface area contributed by atoms with E-state index in [0.29, 0.717) is 17.4 Å².